The van der Waals surface area contributed by atoms with E-state index in [0.717, 1.165) is 54.5 Å². The Morgan fingerprint density at radius 3 is 2.50 bits per heavy atom. The Hall–Kier alpha value is -2.81. The second kappa shape index (κ2) is 9.92. The first-order valence-electron chi connectivity index (χ1n) is 13.0. The van der Waals surface area contributed by atoms with Gasteiger partial charge in [0, 0.05) is 37.4 Å². The van der Waals surface area contributed by atoms with E-state index in [4.69, 9.17) is 0 Å². The number of rotatable bonds is 5. The van der Waals surface area contributed by atoms with Gasteiger partial charge >= 0.3 is 0 Å². The molecule has 1 N–H and O–H groups in total. The average Bonchev–Trinajstić information content (AvgIpc) is 3.48. The van der Waals surface area contributed by atoms with Crippen molar-refractivity contribution in [3.8, 4) is 0 Å². The minimum absolute atomic E-state index is 0.00791. The van der Waals surface area contributed by atoms with E-state index in [1.807, 2.05) is 17.9 Å². The maximum Gasteiger partial charge on any atom is 0.274 e. The van der Waals surface area contributed by atoms with E-state index >= 15 is 0 Å². The standard InChI is InChI=1S/C27H34F2N4O3/c1-18-15-20(29)5-6-21(18)19-7-11-31(12-8-19)24(34)16-33-23-4-2-3-22(23)25(30-33)26(35)32-13-9-27(36,17-28)10-14-32/h5-6,15,19,36H,2-4,7-14,16-17H2,1H3. The topological polar surface area (TPSA) is 78.7 Å². The molecule has 9 heteroatoms. The third kappa shape index (κ3) is 4.77. The monoisotopic (exact) mass is 500 g/mol. The molecule has 0 saturated carbocycles. The fraction of sp³-hybridized carbons (Fsp3) is 0.593. The highest BCUT2D eigenvalue weighted by molar-refractivity contribution is 5.94. The zero-order chi connectivity index (χ0) is 25.4. The fourth-order valence-electron chi connectivity index (χ4n) is 5.99. The van der Waals surface area contributed by atoms with Crippen LogP contribution in [0.4, 0.5) is 8.78 Å². The van der Waals surface area contributed by atoms with Crippen LogP contribution in [0.25, 0.3) is 0 Å². The van der Waals surface area contributed by atoms with Crippen molar-refractivity contribution in [3.05, 3.63) is 52.1 Å². The van der Waals surface area contributed by atoms with Crippen molar-refractivity contribution < 1.29 is 23.5 Å². The number of halogens is 2. The molecule has 2 aromatic rings. The van der Waals surface area contributed by atoms with Crippen molar-refractivity contribution in [3.63, 3.8) is 0 Å². The maximum atomic E-state index is 13.5. The molecule has 0 unspecified atom stereocenters. The van der Waals surface area contributed by atoms with Crippen LogP contribution in [0.2, 0.25) is 0 Å². The highest BCUT2D eigenvalue weighted by Crippen LogP contribution is 2.32. The third-order valence-corrected chi connectivity index (χ3v) is 8.24. The Bertz CT molecular complexity index is 1150. The molecule has 3 heterocycles. The van der Waals surface area contributed by atoms with Crippen LogP contribution in [0.15, 0.2) is 18.2 Å². The summed E-state index contributed by atoms with van der Waals surface area (Å²) in [6, 6.07) is 4.93. The van der Waals surface area contributed by atoms with E-state index in [1.54, 1.807) is 15.6 Å². The van der Waals surface area contributed by atoms with Gasteiger partial charge in [-0.15, -0.1) is 0 Å². The molecule has 3 aliphatic rings. The van der Waals surface area contributed by atoms with Crippen molar-refractivity contribution in [1.82, 2.24) is 19.6 Å². The van der Waals surface area contributed by atoms with Gasteiger partial charge in [-0.2, -0.15) is 5.10 Å². The molecule has 5 rings (SSSR count). The van der Waals surface area contributed by atoms with Gasteiger partial charge in [0.2, 0.25) is 5.91 Å². The quantitative estimate of drug-likeness (QED) is 0.684. The number of hydrogen-bond donors (Lipinski definition) is 1. The molecule has 0 bridgehead atoms. The van der Waals surface area contributed by atoms with E-state index in [0.29, 0.717) is 37.8 Å². The van der Waals surface area contributed by atoms with Crippen LogP contribution in [-0.2, 0) is 24.2 Å². The highest BCUT2D eigenvalue weighted by atomic mass is 19.1. The van der Waals surface area contributed by atoms with E-state index in [2.05, 4.69) is 5.10 Å². The van der Waals surface area contributed by atoms with E-state index in [-0.39, 0.29) is 37.0 Å². The Morgan fingerprint density at radius 2 is 1.83 bits per heavy atom. The number of alkyl halides is 1. The third-order valence-electron chi connectivity index (χ3n) is 8.24. The van der Waals surface area contributed by atoms with Crippen molar-refractivity contribution in [2.75, 3.05) is 32.9 Å². The lowest BCUT2D eigenvalue weighted by molar-refractivity contribution is -0.133. The van der Waals surface area contributed by atoms with Crippen molar-refractivity contribution in [1.29, 1.82) is 0 Å². The largest absolute Gasteiger partial charge is 0.387 e. The van der Waals surface area contributed by atoms with Gasteiger partial charge in [-0.1, -0.05) is 6.07 Å². The van der Waals surface area contributed by atoms with E-state index in [1.165, 1.54) is 6.07 Å². The first-order chi connectivity index (χ1) is 17.3. The highest BCUT2D eigenvalue weighted by Gasteiger charge is 2.37. The lowest BCUT2D eigenvalue weighted by Crippen LogP contribution is -2.48. The van der Waals surface area contributed by atoms with Gasteiger partial charge in [0.15, 0.2) is 5.69 Å². The zero-order valence-electron chi connectivity index (χ0n) is 20.8. The molecule has 0 radical (unpaired) electrons. The molecule has 2 aliphatic heterocycles. The van der Waals surface area contributed by atoms with Crippen molar-refractivity contribution >= 4 is 11.8 Å². The predicted octanol–water partition coefficient (Wildman–Crippen LogP) is 3.16. The summed E-state index contributed by atoms with van der Waals surface area (Å²) in [5.41, 5.74) is 3.04. The summed E-state index contributed by atoms with van der Waals surface area (Å²) in [6.45, 7) is 3.10. The van der Waals surface area contributed by atoms with Crippen LogP contribution in [-0.4, -0.2) is 75.0 Å². The molecule has 1 aromatic carbocycles. The van der Waals surface area contributed by atoms with Crippen LogP contribution >= 0.6 is 0 Å². The van der Waals surface area contributed by atoms with Crippen LogP contribution < -0.4 is 0 Å². The number of piperidine rings is 2. The van der Waals surface area contributed by atoms with E-state index < -0.39 is 12.3 Å². The number of aliphatic hydroxyl groups is 1. The predicted molar refractivity (Wildman–Crippen MR) is 130 cm³/mol. The summed E-state index contributed by atoms with van der Waals surface area (Å²) in [6.07, 6.45) is 4.56. The number of carbonyl (C=O) groups excluding carboxylic acids is 2. The lowest BCUT2D eigenvalue weighted by atomic mass is 9.87. The molecule has 2 fully saturated rings. The molecule has 36 heavy (non-hydrogen) atoms. The van der Waals surface area contributed by atoms with Crippen LogP contribution in [0, 0.1) is 12.7 Å². The summed E-state index contributed by atoms with van der Waals surface area (Å²) in [5, 5.41) is 14.7. The fourth-order valence-corrected chi connectivity index (χ4v) is 5.99. The van der Waals surface area contributed by atoms with Gasteiger partial charge in [0.1, 0.15) is 19.0 Å². The molecule has 194 valence electrons. The Balaban J connectivity index is 1.23. The zero-order valence-corrected chi connectivity index (χ0v) is 20.8. The average molecular weight is 501 g/mol. The number of likely N-dealkylation sites (tertiary alicyclic amines) is 2. The first-order valence-corrected chi connectivity index (χ1v) is 13.0. The van der Waals surface area contributed by atoms with Gasteiger partial charge in [0.25, 0.3) is 5.91 Å². The molecule has 0 atom stereocenters. The van der Waals surface area contributed by atoms with Crippen LogP contribution in [0.5, 0.6) is 0 Å². The number of amides is 2. The first kappa shape index (κ1) is 24.9. The molecule has 2 amide bonds. The van der Waals surface area contributed by atoms with Crippen molar-refractivity contribution in [2.24, 2.45) is 0 Å². The van der Waals surface area contributed by atoms with Gasteiger partial charge < -0.3 is 14.9 Å². The number of aryl methyl sites for hydroxylation is 1. The van der Waals surface area contributed by atoms with Crippen LogP contribution in [0.3, 0.4) is 0 Å². The summed E-state index contributed by atoms with van der Waals surface area (Å²) in [4.78, 5) is 29.9. The molecule has 7 nitrogen and oxygen atoms in total. The second-order valence-corrected chi connectivity index (χ2v) is 10.6. The van der Waals surface area contributed by atoms with Gasteiger partial charge in [-0.25, -0.2) is 8.78 Å². The number of carbonyl (C=O) groups is 2. The summed E-state index contributed by atoms with van der Waals surface area (Å²) < 4.78 is 28.3. The Morgan fingerprint density at radius 1 is 1.11 bits per heavy atom. The molecular formula is C27H34F2N4O3. The SMILES string of the molecule is Cc1cc(F)ccc1C1CCN(C(=O)Cn2nc(C(=O)N3CCC(O)(CF)CC3)c3c2CCC3)CC1. The molecular weight excluding hydrogens is 466 g/mol. The van der Waals surface area contributed by atoms with Gasteiger partial charge in [0.05, 0.1) is 5.60 Å². The number of benzene rings is 1. The minimum Gasteiger partial charge on any atom is -0.387 e. The minimum atomic E-state index is -1.34. The van der Waals surface area contributed by atoms with E-state index in [9.17, 15) is 23.5 Å². The second-order valence-electron chi connectivity index (χ2n) is 10.6. The molecule has 1 aliphatic carbocycles. The molecule has 1 aromatic heterocycles. The lowest BCUT2D eigenvalue weighted by Gasteiger charge is -2.36. The number of hydrogen-bond acceptors (Lipinski definition) is 4. The summed E-state index contributed by atoms with van der Waals surface area (Å²) in [7, 11) is 0. The normalized spacial score (nSPS) is 20.0. The summed E-state index contributed by atoms with van der Waals surface area (Å²) in [5.74, 6) is -0.121. The molecule has 0 spiro atoms. The van der Waals surface area contributed by atoms with Crippen molar-refractivity contribution in [2.45, 2.75) is 69.9 Å². The summed E-state index contributed by atoms with van der Waals surface area (Å²) >= 11 is 0. The smallest absolute Gasteiger partial charge is 0.274 e. The number of nitrogens with zero attached hydrogens (tertiary/aromatic N) is 4. The number of aromatic nitrogens is 2. The Kier molecular flexibility index (Phi) is 6.85. The molecule has 2 saturated heterocycles. The van der Waals surface area contributed by atoms with Gasteiger partial charge in [-0.3, -0.25) is 14.3 Å². The number of fused-ring (bicyclic) bond motifs is 1. The Labute approximate surface area is 210 Å². The van der Waals surface area contributed by atoms with Gasteiger partial charge in [-0.05, 0) is 81.0 Å². The van der Waals surface area contributed by atoms with Crippen LogP contribution in [0.1, 0.15) is 70.9 Å². The maximum absolute atomic E-state index is 13.5.